The lowest BCUT2D eigenvalue weighted by Gasteiger charge is -2.34. The van der Waals surface area contributed by atoms with E-state index in [4.69, 9.17) is 14.2 Å². The molecule has 184 valence electrons. The molecule has 1 heterocycles. The Morgan fingerprint density at radius 2 is 1.76 bits per heavy atom. The van der Waals surface area contributed by atoms with E-state index in [2.05, 4.69) is 10.6 Å². The van der Waals surface area contributed by atoms with E-state index in [1.165, 1.54) is 36.7 Å². The maximum Gasteiger partial charge on any atom is 0.309 e. The molecule has 1 fully saturated rings. The van der Waals surface area contributed by atoms with E-state index < -0.39 is 28.1 Å². The van der Waals surface area contributed by atoms with Gasteiger partial charge in [-0.25, -0.2) is 8.42 Å². The number of amides is 2. The molecule has 0 aromatic heterocycles. The molecule has 2 N–H and O–H groups in total. The Bertz CT molecular complexity index is 1140. The standard InChI is InChI=1S/C23H29N3O7S/c1-16-7-4-5-8-17(16)14-24-22(27)23(28)25-15-21-26(11-6-12-33-21)34(29,30)18-9-10-19(31-2)20(13-18)32-3/h4-5,7-10,13,21H,6,11-12,14-15H2,1-3H3,(H,24,27)(H,25,28)/t21-/m0/s1. The van der Waals surface area contributed by atoms with Crippen LogP contribution in [0.25, 0.3) is 0 Å². The fraction of sp³-hybridized carbons (Fsp3) is 0.391. The lowest BCUT2D eigenvalue weighted by atomic mass is 10.1. The number of ether oxygens (including phenoxy) is 3. The minimum absolute atomic E-state index is 0.00273. The van der Waals surface area contributed by atoms with Crippen LogP contribution in [0.15, 0.2) is 47.4 Å². The molecule has 1 aliphatic heterocycles. The molecule has 1 aliphatic rings. The fourth-order valence-electron chi connectivity index (χ4n) is 3.54. The zero-order valence-electron chi connectivity index (χ0n) is 19.4. The molecule has 34 heavy (non-hydrogen) atoms. The van der Waals surface area contributed by atoms with Crippen LogP contribution in [0.3, 0.4) is 0 Å². The predicted molar refractivity (Wildman–Crippen MR) is 124 cm³/mol. The van der Waals surface area contributed by atoms with Gasteiger partial charge in [-0.2, -0.15) is 4.31 Å². The molecule has 3 rings (SSSR count). The average molecular weight is 492 g/mol. The molecule has 0 spiro atoms. The number of carbonyl (C=O) groups excluding carboxylic acids is 2. The highest BCUT2D eigenvalue weighted by atomic mass is 32.2. The van der Waals surface area contributed by atoms with E-state index >= 15 is 0 Å². The summed E-state index contributed by atoms with van der Waals surface area (Å²) in [6, 6.07) is 11.8. The lowest BCUT2D eigenvalue weighted by molar-refractivity contribution is -0.140. The molecule has 2 amide bonds. The van der Waals surface area contributed by atoms with Crippen LogP contribution in [-0.4, -0.2) is 64.7 Å². The first-order valence-electron chi connectivity index (χ1n) is 10.7. The van der Waals surface area contributed by atoms with Gasteiger partial charge in [-0.1, -0.05) is 24.3 Å². The smallest absolute Gasteiger partial charge is 0.309 e. The van der Waals surface area contributed by atoms with Crippen LogP contribution in [0, 0.1) is 6.92 Å². The van der Waals surface area contributed by atoms with Gasteiger partial charge in [-0.05, 0) is 36.6 Å². The Morgan fingerprint density at radius 1 is 1.06 bits per heavy atom. The van der Waals surface area contributed by atoms with Crippen LogP contribution >= 0.6 is 0 Å². The van der Waals surface area contributed by atoms with Crippen molar-refractivity contribution < 1.29 is 32.2 Å². The van der Waals surface area contributed by atoms with Crippen molar-refractivity contribution in [3.63, 3.8) is 0 Å². The summed E-state index contributed by atoms with van der Waals surface area (Å²) in [6.45, 7) is 2.48. The third-order valence-corrected chi connectivity index (χ3v) is 7.34. The van der Waals surface area contributed by atoms with E-state index in [9.17, 15) is 18.0 Å². The number of nitrogens with zero attached hydrogens (tertiary/aromatic N) is 1. The molecule has 0 bridgehead atoms. The van der Waals surface area contributed by atoms with Crippen LogP contribution in [0.1, 0.15) is 17.5 Å². The van der Waals surface area contributed by atoms with Gasteiger partial charge in [0.15, 0.2) is 11.5 Å². The van der Waals surface area contributed by atoms with Gasteiger partial charge in [0.05, 0.1) is 32.3 Å². The van der Waals surface area contributed by atoms with Gasteiger partial charge < -0.3 is 24.8 Å². The van der Waals surface area contributed by atoms with Gasteiger partial charge in [-0.3, -0.25) is 9.59 Å². The normalized spacial score (nSPS) is 16.5. The van der Waals surface area contributed by atoms with Crippen molar-refractivity contribution in [3.8, 4) is 11.5 Å². The molecule has 0 saturated carbocycles. The van der Waals surface area contributed by atoms with Gasteiger partial charge >= 0.3 is 11.8 Å². The minimum Gasteiger partial charge on any atom is -0.493 e. The number of nitrogens with one attached hydrogen (secondary N) is 2. The first-order valence-corrected chi connectivity index (χ1v) is 12.2. The van der Waals surface area contributed by atoms with Crippen molar-refractivity contribution in [2.45, 2.75) is 31.0 Å². The Balaban J connectivity index is 1.65. The Hall–Kier alpha value is -3.15. The summed E-state index contributed by atoms with van der Waals surface area (Å²) in [5.74, 6) is -1.01. The molecule has 1 saturated heterocycles. The number of benzene rings is 2. The van der Waals surface area contributed by atoms with Crippen molar-refractivity contribution in [2.75, 3.05) is 33.9 Å². The highest BCUT2D eigenvalue weighted by Crippen LogP contribution is 2.31. The highest BCUT2D eigenvalue weighted by Gasteiger charge is 2.35. The predicted octanol–water partition coefficient (Wildman–Crippen LogP) is 1.18. The Labute approximate surface area is 199 Å². The van der Waals surface area contributed by atoms with Crippen LogP contribution in [0.2, 0.25) is 0 Å². The summed E-state index contributed by atoms with van der Waals surface area (Å²) in [4.78, 5) is 24.5. The van der Waals surface area contributed by atoms with E-state index in [0.29, 0.717) is 18.8 Å². The number of sulfonamides is 1. The summed E-state index contributed by atoms with van der Waals surface area (Å²) in [5, 5.41) is 5.04. The second-order valence-electron chi connectivity index (χ2n) is 7.63. The van der Waals surface area contributed by atoms with Crippen molar-refractivity contribution in [1.82, 2.24) is 14.9 Å². The number of aryl methyl sites for hydroxylation is 1. The molecule has 0 unspecified atom stereocenters. The van der Waals surface area contributed by atoms with Crippen LogP contribution in [0.4, 0.5) is 0 Å². The molecule has 11 heteroatoms. The molecule has 0 aliphatic carbocycles. The maximum absolute atomic E-state index is 13.3. The molecule has 2 aromatic carbocycles. The van der Waals surface area contributed by atoms with Crippen molar-refractivity contribution in [1.29, 1.82) is 0 Å². The number of methoxy groups -OCH3 is 2. The number of carbonyl (C=O) groups is 2. The van der Waals surface area contributed by atoms with Crippen LogP contribution in [-0.2, 0) is 30.9 Å². The molecular formula is C23H29N3O7S. The second-order valence-corrected chi connectivity index (χ2v) is 9.52. The Morgan fingerprint density at radius 3 is 2.47 bits per heavy atom. The Kier molecular flexibility index (Phi) is 8.48. The quantitative estimate of drug-likeness (QED) is 0.532. The molecular weight excluding hydrogens is 462 g/mol. The summed E-state index contributed by atoms with van der Waals surface area (Å²) in [5.41, 5.74) is 1.89. The zero-order valence-corrected chi connectivity index (χ0v) is 20.2. The monoisotopic (exact) mass is 491 g/mol. The zero-order chi connectivity index (χ0) is 24.7. The first kappa shape index (κ1) is 25.5. The van der Waals surface area contributed by atoms with Gasteiger partial charge in [0, 0.05) is 19.2 Å². The second kappa shape index (κ2) is 11.3. The number of hydrogen-bond acceptors (Lipinski definition) is 7. The van der Waals surface area contributed by atoms with Gasteiger partial charge in [0.25, 0.3) is 0 Å². The number of hydrogen-bond donors (Lipinski definition) is 2. The molecule has 2 aromatic rings. The van der Waals surface area contributed by atoms with Gasteiger partial charge in [0.1, 0.15) is 6.23 Å². The third-order valence-electron chi connectivity index (χ3n) is 5.46. The molecule has 0 radical (unpaired) electrons. The fourth-order valence-corrected chi connectivity index (χ4v) is 5.12. The van der Waals surface area contributed by atoms with Crippen molar-refractivity contribution in [3.05, 3.63) is 53.6 Å². The lowest BCUT2D eigenvalue weighted by Crippen LogP contribution is -2.53. The number of rotatable bonds is 8. The minimum atomic E-state index is -3.97. The van der Waals surface area contributed by atoms with Crippen molar-refractivity contribution in [2.24, 2.45) is 0 Å². The van der Waals surface area contributed by atoms with E-state index in [1.54, 1.807) is 0 Å². The van der Waals surface area contributed by atoms with Crippen LogP contribution < -0.4 is 20.1 Å². The van der Waals surface area contributed by atoms with E-state index in [1.807, 2.05) is 31.2 Å². The van der Waals surface area contributed by atoms with Crippen LogP contribution in [0.5, 0.6) is 11.5 Å². The third kappa shape index (κ3) is 5.85. The SMILES string of the molecule is COc1ccc(S(=O)(=O)N2CCCO[C@H]2CNC(=O)C(=O)NCc2ccccc2C)cc1OC. The summed E-state index contributed by atoms with van der Waals surface area (Å²) >= 11 is 0. The maximum atomic E-state index is 13.3. The van der Waals surface area contributed by atoms with E-state index in [-0.39, 0.29) is 30.3 Å². The summed E-state index contributed by atoms with van der Waals surface area (Å²) in [6.07, 6.45) is -0.464. The van der Waals surface area contributed by atoms with Gasteiger partial charge in [-0.15, -0.1) is 0 Å². The van der Waals surface area contributed by atoms with Gasteiger partial charge in [0.2, 0.25) is 10.0 Å². The van der Waals surface area contributed by atoms with Crippen molar-refractivity contribution >= 4 is 21.8 Å². The highest BCUT2D eigenvalue weighted by molar-refractivity contribution is 7.89. The summed E-state index contributed by atoms with van der Waals surface area (Å²) < 4.78 is 43.8. The summed E-state index contributed by atoms with van der Waals surface area (Å²) in [7, 11) is -1.09. The first-order chi connectivity index (χ1) is 16.3. The average Bonchev–Trinajstić information content (AvgIpc) is 2.86. The van der Waals surface area contributed by atoms with E-state index in [0.717, 1.165) is 11.1 Å². The topological polar surface area (TPSA) is 123 Å². The molecule has 1 atom stereocenters. The molecule has 10 nitrogen and oxygen atoms in total. The largest absolute Gasteiger partial charge is 0.493 e.